The van der Waals surface area contributed by atoms with Crippen molar-refractivity contribution in [3.8, 4) is 0 Å². The summed E-state index contributed by atoms with van der Waals surface area (Å²) in [6.45, 7) is 0.0221. The summed E-state index contributed by atoms with van der Waals surface area (Å²) in [7, 11) is 0. The number of aliphatic hydroxyl groups excluding tert-OH is 1. The number of halogens is 1. The van der Waals surface area contributed by atoms with Gasteiger partial charge in [0.1, 0.15) is 0 Å². The summed E-state index contributed by atoms with van der Waals surface area (Å²) in [4.78, 5) is 0. The van der Waals surface area contributed by atoms with E-state index in [4.69, 9.17) is 22.4 Å². The van der Waals surface area contributed by atoms with Crippen LogP contribution in [0.1, 0.15) is 11.1 Å². The fourth-order valence-corrected chi connectivity index (χ4v) is 2.88. The molecule has 74 valence electrons. The maximum Gasteiger partial charge on any atom is 0.0683 e. The fraction of sp³-hybridized carbons (Fsp3) is 0.200. The molecule has 1 aromatic heterocycles. The lowest BCUT2D eigenvalue weighted by Crippen LogP contribution is -1.91. The van der Waals surface area contributed by atoms with Gasteiger partial charge in [0.2, 0.25) is 0 Å². The molecule has 14 heavy (non-hydrogen) atoms. The summed E-state index contributed by atoms with van der Waals surface area (Å²) in [5.41, 5.74) is 8.50. The number of alkyl halides is 1. The average Bonchev–Trinajstić information content (AvgIpc) is 2.61. The Bertz CT molecular complexity index is 466. The summed E-state index contributed by atoms with van der Waals surface area (Å²) >= 11 is 7.40. The van der Waals surface area contributed by atoms with Gasteiger partial charge in [0.05, 0.1) is 6.61 Å². The predicted molar refractivity (Wildman–Crippen MR) is 61.7 cm³/mol. The van der Waals surface area contributed by atoms with Crippen LogP contribution in [0.5, 0.6) is 0 Å². The van der Waals surface area contributed by atoms with Crippen molar-refractivity contribution in [1.82, 2.24) is 0 Å². The maximum atomic E-state index is 9.01. The Labute approximate surface area is 90.9 Å². The number of thiophene rings is 1. The Morgan fingerprint density at radius 2 is 2.21 bits per heavy atom. The molecular formula is C10H10ClNOS. The van der Waals surface area contributed by atoms with E-state index in [2.05, 4.69) is 0 Å². The van der Waals surface area contributed by atoms with Gasteiger partial charge in [0.15, 0.2) is 0 Å². The van der Waals surface area contributed by atoms with Gasteiger partial charge in [-0.15, -0.1) is 22.9 Å². The van der Waals surface area contributed by atoms with Crippen LogP contribution in [0.4, 0.5) is 5.69 Å². The van der Waals surface area contributed by atoms with E-state index in [-0.39, 0.29) is 6.61 Å². The smallest absolute Gasteiger partial charge is 0.0683 e. The van der Waals surface area contributed by atoms with Crippen molar-refractivity contribution in [3.63, 3.8) is 0 Å². The molecule has 0 fully saturated rings. The summed E-state index contributed by atoms with van der Waals surface area (Å²) in [5.74, 6) is 0.475. The molecule has 0 amide bonds. The minimum atomic E-state index is 0.0221. The molecule has 2 aromatic rings. The number of rotatable bonds is 2. The van der Waals surface area contributed by atoms with Gasteiger partial charge in [-0.3, -0.25) is 0 Å². The molecular weight excluding hydrogens is 218 g/mol. The van der Waals surface area contributed by atoms with E-state index < -0.39 is 0 Å². The molecule has 1 aromatic carbocycles. The SMILES string of the molecule is Nc1cc(CO)cc2scc(CCl)c12. The molecule has 0 spiro atoms. The molecule has 3 N–H and O–H groups in total. The lowest BCUT2D eigenvalue weighted by Gasteiger charge is -2.02. The predicted octanol–water partition coefficient (Wildman–Crippen LogP) is 2.71. The number of fused-ring (bicyclic) bond motifs is 1. The van der Waals surface area contributed by atoms with Crippen molar-refractivity contribution in [3.05, 3.63) is 28.6 Å². The number of anilines is 1. The van der Waals surface area contributed by atoms with Gasteiger partial charge in [-0.2, -0.15) is 0 Å². The first-order valence-corrected chi connectivity index (χ1v) is 5.63. The van der Waals surface area contributed by atoms with Gasteiger partial charge in [-0.25, -0.2) is 0 Å². The van der Waals surface area contributed by atoms with Crippen LogP contribution in [0.15, 0.2) is 17.5 Å². The Kier molecular flexibility index (Phi) is 2.63. The molecule has 4 heteroatoms. The van der Waals surface area contributed by atoms with Crippen molar-refractivity contribution in [1.29, 1.82) is 0 Å². The lowest BCUT2D eigenvalue weighted by molar-refractivity contribution is 0.282. The summed E-state index contributed by atoms with van der Waals surface area (Å²) in [6, 6.07) is 3.75. The van der Waals surface area contributed by atoms with Crippen LogP contribution in [0.2, 0.25) is 0 Å². The van der Waals surface area contributed by atoms with E-state index in [1.54, 1.807) is 17.4 Å². The van der Waals surface area contributed by atoms with Crippen LogP contribution in [0.25, 0.3) is 10.1 Å². The third-order valence-corrected chi connectivity index (χ3v) is 3.43. The van der Waals surface area contributed by atoms with Gasteiger partial charge >= 0.3 is 0 Å². The second-order valence-corrected chi connectivity index (χ2v) is 4.29. The van der Waals surface area contributed by atoms with Gasteiger partial charge in [-0.1, -0.05) is 0 Å². The molecule has 0 aliphatic carbocycles. The van der Waals surface area contributed by atoms with Crippen molar-refractivity contribution < 1.29 is 5.11 Å². The van der Waals surface area contributed by atoms with Crippen molar-refractivity contribution >= 4 is 38.7 Å². The molecule has 2 nitrogen and oxygen atoms in total. The molecule has 0 atom stereocenters. The van der Waals surface area contributed by atoms with Crippen molar-refractivity contribution in [2.75, 3.05) is 5.73 Å². The zero-order valence-electron chi connectivity index (χ0n) is 7.46. The quantitative estimate of drug-likeness (QED) is 0.612. The lowest BCUT2D eigenvalue weighted by atomic mass is 10.1. The third kappa shape index (κ3) is 1.47. The second-order valence-electron chi connectivity index (χ2n) is 3.11. The first kappa shape index (κ1) is 9.77. The molecule has 0 aliphatic rings. The van der Waals surface area contributed by atoms with Crippen molar-refractivity contribution in [2.45, 2.75) is 12.5 Å². The molecule has 0 bridgehead atoms. The summed E-state index contributed by atoms with van der Waals surface area (Å²) in [6.07, 6.45) is 0. The number of nitrogen functional groups attached to an aromatic ring is 1. The largest absolute Gasteiger partial charge is 0.398 e. The Hall–Kier alpha value is -0.770. The Morgan fingerprint density at radius 1 is 1.43 bits per heavy atom. The molecule has 0 saturated heterocycles. The van der Waals surface area contributed by atoms with E-state index in [0.29, 0.717) is 11.6 Å². The first-order chi connectivity index (χ1) is 6.76. The molecule has 1 heterocycles. The van der Waals surface area contributed by atoms with E-state index in [1.807, 2.05) is 11.4 Å². The Morgan fingerprint density at radius 3 is 2.86 bits per heavy atom. The average molecular weight is 228 g/mol. The molecule has 0 radical (unpaired) electrons. The normalized spacial score (nSPS) is 11.0. The van der Waals surface area contributed by atoms with Crippen LogP contribution in [-0.2, 0) is 12.5 Å². The number of hydrogen-bond donors (Lipinski definition) is 2. The number of benzene rings is 1. The second kappa shape index (κ2) is 3.77. The van der Waals surface area contributed by atoms with Crippen LogP contribution in [-0.4, -0.2) is 5.11 Å². The highest BCUT2D eigenvalue weighted by molar-refractivity contribution is 7.17. The van der Waals surface area contributed by atoms with Crippen molar-refractivity contribution in [2.24, 2.45) is 0 Å². The molecule has 0 unspecified atom stereocenters. The maximum absolute atomic E-state index is 9.01. The van der Waals surface area contributed by atoms with E-state index >= 15 is 0 Å². The minimum absolute atomic E-state index is 0.0221. The fourth-order valence-electron chi connectivity index (χ4n) is 1.52. The summed E-state index contributed by atoms with van der Waals surface area (Å²) in [5, 5.41) is 12.0. The zero-order valence-corrected chi connectivity index (χ0v) is 9.03. The monoisotopic (exact) mass is 227 g/mol. The topological polar surface area (TPSA) is 46.2 Å². The van der Waals surface area contributed by atoms with Crippen LogP contribution >= 0.6 is 22.9 Å². The van der Waals surface area contributed by atoms with Crippen LogP contribution in [0.3, 0.4) is 0 Å². The highest BCUT2D eigenvalue weighted by Gasteiger charge is 2.07. The Balaban J connectivity index is 2.72. The molecule has 0 saturated carbocycles. The zero-order chi connectivity index (χ0) is 10.1. The van der Waals surface area contributed by atoms with E-state index in [1.165, 1.54) is 0 Å². The molecule has 0 aliphatic heterocycles. The van der Waals surface area contributed by atoms with Gasteiger partial charge in [0, 0.05) is 21.7 Å². The van der Waals surface area contributed by atoms with Crippen LogP contribution < -0.4 is 5.73 Å². The standard InChI is InChI=1S/C10H10ClNOS/c11-3-7-5-14-9-2-6(4-13)1-8(12)10(7)9/h1-2,5,13H,3-4,12H2. The number of aliphatic hydroxyl groups is 1. The third-order valence-electron chi connectivity index (χ3n) is 2.17. The number of nitrogens with two attached hydrogens (primary N) is 1. The van der Waals surface area contributed by atoms with Gasteiger partial charge < -0.3 is 10.8 Å². The highest BCUT2D eigenvalue weighted by Crippen LogP contribution is 2.32. The van der Waals surface area contributed by atoms with E-state index in [0.717, 1.165) is 21.2 Å². The number of hydrogen-bond acceptors (Lipinski definition) is 3. The molecule has 2 rings (SSSR count). The summed E-state index contributed by atoms with van der Waals surface area (Å²) < 4.78 is 1.09. The van der Waals surface area contributed by atoms with Gasteiger partial charge in [0.25, 0.3) is 0 Å². The van der Waals surface area contributed by atoms with Gasteiger partial charge in [-0.05, 0) is 28.6 Å². The van der Waals surface area contributed by atoms with Crippen LogP contribution in [0, 0.1) is 0 Å². The minimum Gasteiger partial charge on any atom is -0.398 e. The first-order valence-electron chi connectivity index (χ1n) is 4.21. The highest BCUT2D eigenvalue weighted by atomic mass is 35.5. The van der Waals surface area contributed by atoms with E-state index in [9.17, 15) is 0 Å².